The number of amides is 2. The molecule has 2 aromatic carbocycles. The number of carbonyl (C=O) groups excluding carboxylic acids is 2. The first kappa shape index (κ1) is 24.4. The number of nitrogens with zero attached hydrogens (tertiary/aromatic N) is 2. The zero-order valence-electron chi connectivity index (χ0n) is 18.6. The maximum atomic E-state index is 13.5. The lowest BCUT2D eigenvalue weighted by Gasteiger charge is -2.15. The number of rotatable bonds is 9. The zero-order valence-corrected chi connectivity index (χ0v) is 18.6. The van der Waals surface area contributed by atoms with Crippen LogP contribution in [0.25, 0.3) is 11.3 Å². The van der Waals surface area contributed by atoms with E-state index in [4.69, 9.17) is 5.73 Å². The molecule has 9 heteroatoms. The molecule has 0 spiro atoms. The summed E-state index contributed by atoms with van der Waals surface area (Å²) in [5, 5.41) is 17.7. The van der Waals surface area contributed by atoms with Crippen LogP contribution in [0.3, 0.4) is 0 Å². The van der Waals surface area contributed by atoms with Gasteiger partial charge in [-0.15, -0.1) is 0 Å². The second-order valence-corrected chi connectivity index (χ2v) is 7.49. The molecule has 0 unspecified atom stereocenters. The van der Waals surface area contributed by atoms with Crippen molar-refractivity contribution in [2.75, 3.05) is 25.5 Å². The van der Waals surface area contributed by atoms with Gasteiger partial charge < -0.3 is 21.7 Å². The van der Waals surface area contributed by atoms with Crippen LogP contribution in [0.2, 0.25) is 0 Å². The van der Waals surface area contributed by atoms with Gasteiger partial charge in [0.05, 0.1) is 22.9 Å². The maximum Gasteiger partial charge on any atom is 0.255 e. The van der Waals surface area contributed by atoms with Gasteiger partial charge in [-0.05, 0) is 42.3 Å². The molecule has 1 aromatic heterocycles. The van der Waals surface area contributed by atoms with E-state index in [-0.39, 0.29) is 17.9 Å². The topological polar surface area (TPSA) is 133 Å². The third-order valence-corrected chi connectivity index (χ3v) is 5.12. The van der Waals surface area contributed by atoms with Crippen molar-refractivity contribution in [2.24, 2.45) is 5.73 Å². The maximum absolute atomic E-state index is 13.5. The third-order valence-electron chi connectivity index (χ3n) is 5.12. The Bertz CT molecular complexity index is 1220. The summed E-state index contributed by atoms with van der Waals surface area (Å²) in [5.74, 6) is -0.874. The summed E-state index contributed by atoms with van der Waals surface area (Å²) in [6, 6.07) is 17.8. The van der Waals surface area contributed by atoms with Crippen molar-refractivity contribution >= 4 is 17.6 Å². The molecular formula is C25H25FN6O2. The van der Waals surface area contributed by atoms with Crippen LogP contribution in [0.4, 0.5) is 10.2 Å². The van der Waals surface area contributed by atoms with Crippen LogP contribution in [-0.4, -0.2) is 43.0 Å². The van der Waals surface area contributed by atoms with Crippen molar-refractivity contribution in [2.45, 2.75) is 12.5 Å². The Morgan fingerprint density at radius 3 is 2.68 bits per heavy atom. The molecule has 5 N–H and O–H groups in total. The lowest BCUT2D eigenvalue weighted by Crippen LogP contribution is -2.47. The number of nitriles is 1. The lowest BCUT2D eigenvalue weighted by molar-refractivity contribution is -0.121. The Labute approximate surface area is 197 Å². The second kappa shape index (κ2) is 11.5. The molecule has 0 bridgehead atoms. The monoisotopic (exact) mass is 460 g/mol. The first-order valence-corrected chi connectivity index (χ1v) is 10.7. The van der Waals surface area contributed by atoms with Gasteiger partial charge in [0.25, 0.3) is 5.91 Å². The molecule has 0 aliphatic rings. The number of benzene rings is 2. The number of nitrogens with one attached hydrogen (secondary N) is 3. The molecule has 0 radical (unpaired) electrons. The normalized spacial score (nSPS) is 11.2. The average molecular weight is 461 g/mol. The van der Waals surface area contributed by atoms with Crippen LogP contribution in [0.1, 0.15) is 21.5 Å². The van der Waals surface area contributed by atoms with Crippen molar-refractivity contribution in [3.8, 4) is 17.3 Å². The summed E-state index contributed by atoms with van der Waals surface area (Å²) >= 11 is 0. The molecular weight excluding hydrogens is 435 g/mol. The predicted octanol–water partition coefficient (Wildman–Crippen LogP) is 2.22. The van der Waals surface area contributed by atoms with Gasteiger partial charge in [0.1, 0.15) is 17.7 Å². The van der Waals surface area contributed by atoms with Crippen LogP contribution in [0.5, 0.6) is 0 Å². The van der Waals surface area contributed by atoms with Gasteiger partial charge in [0.15, 0.2) is 0 Å². The number of halogens is 1. The molecule has 3 rings (SSSR count). The summed E-state index contributed by atoms with van der Waals surface area (Å²) in [6.45, 7) is 0.331. The highest BCUT2D eigenvalue weighted by Crippen LogP contribution is 2.25. The van der Waals surface area contributed by atoms with E-state index in [0.717, 1.165) is 5.56 Å². The van der Waals surface area contributed by atoms with E-state index in [1.165, 1.54) is 19.2 Å². The van der Waals surface area contributed by atoms with Crippen LogP contribution in [0, 0.1) is 17.1 Å². The van der Waals surface area contributed by atoms with Gasteiger partial charge in [-0.3, -0.25) is 9.59 Å². The van der Waals surface area contributed by atoms with Gasteiger partial charge in [-0.25, -0.2) is 9.37 Å². The molecule has 0 aliphatic carbocycles. The van der Waals surface area contributed by atoms with Crippen LogP contribution in [-0.2, 0) is 11.2 Å². The van der Waals surface area contributed by atoms with Gasteiger partial charge >= 0.3 is 0 Å². The minimum absolute atomic E-state index is 0.0553. The van der Waals surface area contributed by atoms with E-state index in [2.05, 4.69) is 27.0 Å². The van der Waals surface area contributed by atoms with E-state index in [0.29, 0.717) is 35.6 Å². The molecule has 2 amide bonds. The van der Waals surface area contributed by atoms with E-state index in [1.54, 1.807) is 42.5 Å². The Morgan fingerprint density at radius 1 is 1.15 bits per heavy atom. The Balaban J connectivity index is 1.85. The highest BCUT2D eigenvalue weighted by atomic mass is 19.1. The molecule has 0 saturated carbocycles. The van der Waals surface area contributed by atoms with Crippen LogP contribution < -0.4 is 21.7 Å². The molecule has 0 aliphatic heterocycles. The lowest BCUT2D eigenvalue weighted by atomic mass is 10.0. The minimum atomic E-state index is -0.895. The first-order chi connectivity index (χ1) is 16.4. The molecule has 174 valence electrons. The highest BCUT2D eigenvalue weighted by molar-refractivity contribution is 5.99. The predicted molar refractivity (Wildman–Crippen MR) is 127 cm³/mol. The number of carbonyl (C=O) groups is 2. The molecule has 1 heterocycles. The average Bonchev–Trinajstić information content (AvgIpc) is 2.86. The quantitative estimate of drug-likeness (QED) is 0.387. The van der Waals surface area contributed by atoms with E-state index in [1.807, 2.05) is 6.07 Å². The SMILES string of the molecule is CNC(=O)[C@@H](N)CNC(=O)c1ccc(-c2ccccc2C#N)nc1NCCc1cccc(F)c1. The number of pyridine rings is 1. The van der Waals surface area contributed by atoms with E-state index < -0.39 is 17.9 Å². The summed E-state index contributed by atoms with van der Waals surface area (Å²) in [7, 11) is 1.46. The summed E-state index contributed by atoms with van der Waals surface area (Å²) < 4.78 is 13.5. The fraction of sp³-hybridized carbons (Fsp3) is 0.200. The smallest absolute Gasteiger partial charge is 0.255 e. The van der Waals surface area contributed by atoms with Crippen LogP contribution in [0.15, 0.2) is 60.7 Å². The molecule has 3 aromatic rings. The summed E-state index contributed by atoms with van der Waals surface area (Å²) in [5.41, 5.74) is 8.41. The number of likely N-dealkylation sites (N-methyl/N-ethyl adjacent to an activating group) is 1. The minimum Gasteiger partial charge on any atom is -0.369 e. The van der Waals surface area contributed by atoms with Gasteiger partial charge in [0, 0.05) is 25.7 Å². The molecule has 0 fully saturated rings. The molecule has 34 heavy (non-hydrogen) atoms. The fourth-order valence-corrected chi connectivity index (χ4v) is 3.32. The van der Waals surface area contributed by atoms with Gasteiger partial charge in [-0.1, -0.05) is 30.3 Å². The van der Waals surface area contributed by atoms with Crippen LogP contribution >= 0.6 is 0 Å². The first-order valence-electron chi connectivity index (χ1n) is 10.7. The molecule has 1 atom stereocenters. The van der Waals surface area contributed by atoms with Crippen molar-refractivity contribution in [3.05, 3.63) is 83.2 Å². The highest BCUT2D eigenvalue weighted by Gasteiger charge is 2.18. The number of nitrogens with two attached hydrogens (primary N) is 1. The number of hydrogen-bond acceptors (Lipinski definition) is 6. The Kier molecular flexibility index (Phi) is 8.26. The number of anilines is 1. The Morgan fingerprint density at radius 2 is 1.94 bits per heavy atom. The van der Waals surface area contributed by atoms with Crippen molar-refractivity contribution in [1.82, 2.24) is 15.6 Å². The zero-order chi connectivity index (χ0) is 24.5. The largest absolute Gasteiger partial charge is 0.369 e. The standard InChI is InChI=1S/C25H25FN6O2/c1-29-25(34)21(28)15-31-24(33)20-9-10-22(19-8-3-2-6-17(19)14-27)32-23(20)30-12-11-16-5-4-7-18(26)13-16/h2-10,13,21H,11-12,15,28H2,1H3,(H,29,34)(H,30,32)(H,31,33)/t21-/m0/s1. The van der Waals surface area contributed by atoms with Crippen molar-refractivity contribution in [3.63, 3.8) is 0 Å². The van der Waals surface area contributed by atoms with Gasteiger partial charge in [-0.2, -0.15) is 5.26 Å². The van der Waals surface area contributed by atoms with Gasteiger partial charge in [0.2, 0.25) is 5.91 Å². The molecule has 0 saturated heterocycles. The fourth-order valence-electron chi connectivity index (χ4n) is 3.32. The third kappa shape index (κ3) is 6.15. The summed E-state index contributed by atoms with van der Waals surface area (Å²) in [6.07, 6.45) is 0.501. The Hall–Kier alpha value is -4.29. The van der Waals surface area contributed by atoms with E-state index in [9.17, 15) is 19.2 Å². The second-order valence-electron chi connectivity index (χ2n) is 7.49. The molecule has 8 nitrogen and oxygen atoms in total. The van der Waals surface area contributed by atoms with Crippen molar-refractivity contribution in [1.29, 1.82) is 5.26 Å². The summed E-state index contributed by atoms with van der Waals surface area (Å²) in [4.78, 5) is 29.1. The van der Waals surface area contributed by atoms with Crippen molar-refractivity contribution < 1.29 is 14.0 Å². The van der Waals surface area contributed by atoms with E-state index >= 15 is 0 Å². The number of hydrogen-bond donors (Lipinski definition) is 4. The number of aromatic nitrogens is 1.